The number of anilines is 1. The van der Waals surface area contributed by atoms with Crippen LogP contribution >= 0.6 is 23.4 Å². The molecule has 140 valence electrons. The number of esters is 1. The maximum absolute atomic E-state index is 14.1. The van der Waals surface area contributed by atoms with Gasteiger partial charge in [-0.25, -0.2) is 4.39 Å². The standard InChI is InChI=1S/C18H25ClFNO3S/c1-6-11(5)17(22)21-14-9-16(12(19)8-13(14)20)25-15(7-2)18(23)24-10(3)4/h8-11,15H,6-7H2,1-5H3,(H,21,22). The van der Waals surface area contributed by atoms with Gasteiger partial charge in [0.15, 0.2) is 0 Å². The van der Waals surface area contributed by atoms with Crippen LogP contribution in [0.5, 0.6) is 0 Å². The van der Waals surface area contributed by atoms with E-state index in [1.54, 1.807) is 20.8 Å². The van der Waals surface area contributed by atoms with Gasteiger partial charge in [-0.05, 0) is 38.8 Å². The Balaban J connectivity index is 3.01. The van der Waals surface area contributed by atoms with Gasteiger partial charge >= 0.3 is 5.97 Å². The van der Waals surface area contributed by atoms with Gasteiger partial charge in [0.25, 0.3) is 0 Å². The molecule has 0 heterocycles. The molecule has 0 radical (unpaired) electrons. The molecule has 25 heavy (non-hydrogen) atoms. The Kier molecular flexibility index (Phi) is 8.73. The molecule has 1 N–H and O–H groups in total. The van der Waals surface area contributed by atoms with E-state index in [1.807, 2.05) is 13.8 Å². The molecule has 0 bridgehead atoms. The molecular weight excluding hydrogens is 365 g/mol. The van der Waals surface area contributed by atoms with E-state index in [9.17, 15) is 14.0 Å². The fourth-order valence-electron chi connectivity index (χ4n) is 1.92. The van der Waals surface area contributed by atoms with Gasteiger partial charge < -0.3 is 10.1 Å². The van der Waals surface area contributed by atoms with Gasteiger partial charge in [0.1, 0.15) is 11.1 Å². The number of hydrogen-bond acceptors (Lipinski definition) is 4. The molecule has 0 fully saturated rings. The normalized spacial score (nSPS) is 13.4. The highest BCUT2D eigenvalue weighted by atomic mass is 35.5. The summed E-state index contributed by atoms with van der Waals surface area (Å²) in [6.07, 6.45) is 0.983. The van der Waals surface area contributed by atoms with Gasteiger partial charge in [0.05, 0.1) is 16.8 Å². The summed E-state index contributed by atoms with van der Waals surface area (Å²) < 4.78 is 19.3. The minimum atomic E-state index is -0.608. The van der Waals surface area contributed by atoms with Gasteiger partial charge in [-0.2, -0.15) is 0 Å². The molecule has 4 nitrogen and oxygen atoms in total. The van der Waals surface area contributed by atoms with Crippen LogP contribution in [-0.4, -0.2) is 23.2 Å². The summed E-state index contributed by atoms with van der Waals surface area (Å²) in [4.78, 5) is 24.7. The summed E-state index contributed by atoms with van der Waals surface area (Å²) >= 11 is 7.32. The fraction of sp³-hybridized carbons (Fsp3) is 0.556. The van der Waals surface area contributed by atoms with Gasteiger partial charge in [0.2, 0.25) is 5.91 Å². The van der Waals surface area contributed by atoms with Crippen molar-refractivity contribution in [3.63, 3.8) is 0 Å². The lowest BCUT2D eigenvalue weighted by Crippen LogP contribution is -2.23. The van der Waals surface area contributed by atoms with Gasteiger partial charge in [-0.3, -0.25) is 9.59 Å². The number of carbonyl (C=O) groups is 2. The van der Waals surface area contributed by atoms with E-state index in [0.29, 0.717) is 17.7 Å². The molecule has 2 atom stereocenters. The molecule has 1 aromatic rings. The summed E-state index contributed by atoms with van der Waals surface area (Å²) in [5.74, 6) is -1.43. The van der Waals surface area contributed by atoms with Crippen LogP contribution in [0, 0.1) is 11.7 Å². The molecule has 0 saturated heterocycles. The Morgan fingerprint density at radius 1 is 1.24 bits per heavy atom. The summed E-state index contributed by atoms with van der Waals surface area (Å²) in [6, 6.07) is 2.62. The second kappa shape index (κ2) is 10.0. The predicted molar refractivity (Wildman–Crippen MR) is 101 cm³/mol. The lowest BCUT2D eigenvalue weighted by molar-refractivity contribution is -0.146. The van der Waals surface area contributed by atoms with Gasteiger partial charge in [-0.15, -0.1) is 11.8 Å². The van der Waals surface area contributed by atoms with Crippen LogP contribution in [0.4, 0.5) is 10.1 Å². The zero-order valence-corrected chi connectivity index (χ0v) is 16.8. The highest BCUT2D eigenvalue weighted by molar-refractivity contribution is 8.00. The predicted octanol–water partition coefficient (Wildman–Crippen LogP) is 5.29. The van der Waals surface area contributed by atoms with Gasteiger partial charge in [-0.1, -0.05) is 32.4 Å². The third kappa shape index (κ3) is 6.51. The number of thioether (sulfide) groups is 1. The van der Waals surface area contributed by atoms with Crippen molar-refractivity contribution in [2.24, 2.45) is 5.92 Å². The molecular formula is C18H25ClFNO3S. The monoisotopic (exact) mass is 389 g/mol. The lowest BCUT2D eigenvalue weighted by Gasteiger charge is -2.18. The number of amides is 1. The average Bonchev–Trinajstić information content (AvgIpc) is 2.54. The van der Waals surface area contributed by atoms with Crippen LogP contribution in [0.25, 0.3) is 0 Å². The zero-order chi connectivity index (χ0) is 19.1. The molecule has 0 aliphatic heterocycles. The fourth-order valence-corrected chi connectivity index (χ4v) is 3.18. The summed E-state index contributed by atoms with van der Waals surface area (Å²) in [6.45, 7) is 9.08. The SMILES string of the molecule is CCC(C)C(=O)Nc1cc(SC(CC)C(=O)OC(C)C)c(Cl)cc1F. The van der Waals surface area contributed by atoms with Crippen molar-refractivity contribution in [3.05, 3.63) is 23.0 Å². The average molecular weight is 390 g/mol. The quantitative estimate of drug-likeness (QED) is 0.485. The van der Waals surface area contributed by atoms with Crippen LogP contribution in [0.15, 0.2) is 17.0 Å². The Bertz CT molecular complexity index is 625. The van der Waals surface area contributed by atoms with Gasteiger partial charge in [0, 0.05) is 10.8 Å². The first-order chi connectivity index (χ1) is 11.7. The van der Waals surface area contributed by atoms with Crippen molar-refractivity contribution in [1.29, 1.82) is 0 Å². The molecule has 0 saturated carbocycles. The number of ether oxygens (including phenoxy) is 1. The number of hydrogen-bond donors (Lipinski definition) is 1. The topological polar surface area (TPSA) is 55.4 Å². The molecule has 0 aliphatic rings. The molecule has 2 unspecified atom stereocenters. The number of nitrogens with one attached hydrogen (secondary N) is 1. The first kappa shape index (κ1) is 21.8. The lowest BCUT2D eigenvalue weighted by atomic mass is 10.1. The zero-order valence-electron chi connectivity index (χ0n) is 15.2. The van der Waals surface area contributed by atoms with E-state index >= 15 is 0 Å². The minimum Gasteiger partial charge on any atom is -0.462 e. The highest BCUT2D eigenvalue weighted by Crippen LogP contribution is 2.36. The Morgan fingerprint density at radius 2 is 1.88 bits per heavy atom. The maximum atomic E-state index is 14.1. The Hall–Kier alpha value is -1.27. The van der Waals surface area contributed by atoms with E-state index in [2.05, 4.69) is 5.32 Å². The summed E-state index contributed by atoms with van der Waals surface area (Å²) in [5.41, 5.74) is 0.0595. The van der Waals surface area contributed by atoms with Crippen LogP contribution in [0.1, 0.15) is 47.5 Å². The molecule has 1 aromatic carbocycles. The van der Waals surface area contributed by atoms with E-state index in [0.717, 1.165) is 6.07 Å². The van der Waals surface area contributed by atoms with Crippen LogP contribution < -0.4 is 5.32 Å². The smallest absolute Gasteiger partial charge is 0.319 e. The second-order valence-corrected chi connectivity index (χ2v) is 7.71. The van der Waals surface area contributed by atoms with E-state index in [4.69, 9.17) is 16.3 Å². The van der Waals surface area contributed by atoms with Crippen molar-refractivity contribution in [1.82, 2.24) is 0 Å². The van der Waals surface area contributed by atoms with Crippen molar-refractivity contribution >= 4 is 40.9 Å². The molecule has 1 amide bonds. The third-order valence-electron chi connectivity index (χ3n) is 3.59. The minimum absolute atomic E-state index is 0.0595. The van der Waals surface area contributed by atoms with Crippen molar-refractivity contribution < 1.29 is 18.7 Å². The van der Waals surface area contributed by atoms with E-state index < -0.39 is 11.1 Å². The number of halogens is 2. The molecule has 1 rings (SSSR count). The highest BCUT2D eigenvalue weighted by Gasteiger charge is 2.23. The number of rotatable bonds is 8. The van der Waals surface area contributed by atoms with Crippen molar-refractivity contribution in [3.8, 4) is 0 Å². The second-order valence-electron chi connectivity index (χ2n) is 6.06. The third-order valence-corrected chi connectivity index (χ3v) is 5.42. The Labute approximate surface area is 157 Å². The van der Waals surface area contributed by atoms with Crippen LogP contribution in [-0.2, 0) is 14.3 Å². The maximum Gasteiger partial charge on any atom is 0.319 e. The van der Waals surface area contributed by atoms with Crippen LogP contribution in [0.2, 0.25) is 5.02 Å². The van der Waals surface area contributed by atoms with Crippen LogP contribution in [0.3, 0.4) is 0 Å². The number of carbonyl (C=O) groups excluding carboxylic acids is 2. The first-order valence-corrected chi connectivity index (χ1v) is 9.62. The van der Waals surface area contributed by atoms with Crippen molar-refractivity contribution in [2.75, 3.05) is 5.32 Å². The molecule has 0 spiro atoms. The number of benzene rings is 1. The van der Waals surface area contributed by atoms with E-state index in [1.165, 1.54) is 17.8 Å². The molecule has 7 heteroatoms. The molecule has 0 aliphatic carbocycles. The van der Waals surface area contributed by atoms with Crippen molar-refractivity contribution in [2.45, 2.75) is 63.7 Å². The Morgan fingerprint density at radius 3 is 2.40 bits per heavy atom. The first-order valence-electron chi connectivity index (χ1n) is 8.36. The summed E-state index contributed by atoms with van der Waals surface area (Å²) in [7, 11) is 0. The molecule has 0 aromatic heterocycles. The summed E-state index contributed by atoms with van der Waals surface area (Å²) in [5, 5.41) is 2.32. The van der Waals surface area contributed by atoms with E-state index in [-0.39, 0.29) is 34.6 Å². The largest absolute Gasteiger partial charge is 0.462 e.